The quantitative estimate of drug-likeness (QED) is 0.549. The van der Waals surface area contributed by atoms with Crippen LogP contribution in [-0.4, -0.2) is 60.8 Å². The highest BCUT2D eigenvalue weighted by molar-refractivity contribution is 6.02. The molecule has 3 amide bonds. The predicted octanol–water partition coefficient (Wildman–Crippen LogP) is 2.91. The van der Waals surface area contributed by atoms with E-state index >= 15 is 0 Å². The van der Waals surface area contributed by atoms with Crippen molar-refractivity contribution in [1.82, 2.24) is 10.2 Å². The number of amides is 3. The summed E-state index contributed by atoms with van der Waals surface area (Å²) in [5, 5.41) is 18.1. The number of urea groups is 1. The summed E-state index contributed by atoms with van der Waals surface area (Å²) in [6.07, 6.45) is -0.180. The minimum Gasteiger partial charge on any atom is -0.488 e. The molecule has 1 aliphatic rings. The molecule has 3 rings (SSSR count). The largest absolute Gasteiger partial charge is 0.488 e. The second-order valence-electron chi connectivity index (χ2n) is 7.98. The highest BCUT2D eigenvalue weighted by atomic mass is 19.1. The van der Waals surface area contributed by atoms with Crippen molar-refractivity contribution in [1.29, 1.82) is 0 Å². The van der Waals surface area contributed by atoms with Crippen molar-refractivity contribution >= 4 is 23.3 Å². The number of fused-ring (bicyclic) bond motifs is 1. The van der Waals surface area contributed by atoms with E-state index in [9.17, 15) is 19.1 Å². The number of rotatable bonds is 6. The molecule has 9 heteroatoms. The van der Waals surface area contributed by atoms with Gasteiger partial charge in [-0.2, -0.15) is 0 Å². The fourth-order valence-corrected chi connectivity index (χ4v) is 3.57. The fourth-order valence-electron chi connectivity index (χ4n) is 3.57. The Morgan fingerprint density at radius 2 is 1.88 bits per heavy atom. The molecule has 0 aliphatic carbocycles. The lowest BCUT2D eigenvalue weighted by molar-refractivity contribution is 0.0416. The third-order valence-corrected chi connectivity index (χ3v) is 5.43. The third-order valence-electron chi connectivity index (χ3n) is 5.43. The number of benzene rings is 2. The van der Waals surface area contributed by atoms with Crippen LogP contribution in [0, 0.1) is 11.7 Å². The SMILES string of the molecule is CNC[C@@H]1Oc2ccc(NC(=O)Nc3ccc(F)cc3)cc2C(=O)N([C@H](C)CO)C[C@@H]1C. The maximum Gasteiger partial charge on any atom is 0.323 e. The average Bonchev–Trinajstić information content (AvgIpc) is 2.77. The van der Waals surface area contributed by atoms with Gasteiger partial charge in [-0.25, -0.2) is 9.18 Å². The van der Waals surface area contributed by atoms with Gasteiger partial charge >= 0.3 is 6.03 Å². The number of aliphatic hydroxyl groups excluding tert-OH is 1. The molecule has 32 heavy (non-hydrogen) atoms. The van der Waals surface area contributed by atoms with Gasteiger partial charge in [-0.3, -0.25) is 4.79 Å². The van der Waals surface area contributed by atoms with Crippen LogP contribution in [0.15, 0.2) is 42.5 Å². The topological polar surface area (TPSA) is 103 Å². The van der Waals surface area contributed by atoms with Crippen LogP contribution < -0.4 is 20.7 Å². The van der Waals surface area contributed by atoms with E-state index in [-0.39, 0.29) is 30.6 Å². The molecule has 172 valence electrons. The van der Waals surface area contributed by atoms with Gasteiger partial charge in [-0.05, 0) is 56.4 Å². The predicted molar refractivity (Wildman–Crippen MR) is 121 cm³/mol. The fraction of sp³-hybridized carbons (Fsp3) is 0.391. The van der Waals surface area contributed by atoms with Gasteiger partial charge in [0, 0.05) is 30.4 Å². The van der Waals surface area contributed by atoms with Crippen LogP contribution >= 0.6 is 0 Å². The Morgan fingerprint density at radius 1 is 1.22 bits per heavy atom. The summed E-state index contributed by atoms with van der Waals surface area (Å²) in [4.78, 5) is 27.3. The van der Waals surface area contributed by atoms with Crippen LogP contribution in [0.1, 0.15) is 24.2 Å². The number of halogens is 1. The Kier molecular flexibility index (Phi) is 7.66. The second kappa shape index (κ2) is 10.4. The normalized spacial score (nSPS) is 19.3. The first-order valence-corrected chi connectivity index (χ1v) is 10.5. The van der Waals surface area contributed by atoms with Crippen molar-refractivity contribution in [2.24, 2.45) is 5.92 Å². The number of hydrogen-bond acceptors (Lipinski definition) is 5. The van der Waals surface area contributed by atoms with E-state index in [4.69, 9.17) is 4.74 Å². The van der Waals surface area contributed by atoms with Gasteiger partial charge in [0.1, 0.15) is 17.7 Å². The number of likely N-dealkylation sites (N-methyl/N-ethyl adjacent to an activating group) is 1. The first kappa shape index (κ1) is 23.5. The van der Waals surface area contributed by atoms with Crippen LogP contribution in [0.25, 0.3) is 0 Å². The van der Waals surface area contributed by atoms with Crippen molar-refractivity contribution in [2.75, 3.05) is 37.4 Å². The van der Waals surface area contributed by atoms with Crippen LogP contribution in [-0.2, 0) is 0 Å². The highest BCUT2D eigenvalue weighted by Gasteiger charge is 2.32. The van der Waals surface area contributed by atoms with E-state index in [1.165, 1.54) is 24.3 Å². The summed E-state index contributed by atoms with van der Waals surface area (Å²) >= 11 is 0. The molecule has 0 radical (unpaired) electrons. The first-order valence-electron chi connectivity index (χ1n) is 10.5. The van der Waals surface area contributed by atoms with E-state index in [0.29, 0.717) is 35.8 Å². The first-order chi connectivity index (χ1) is 15.3. The summed E-state index contributed by atoms with van der Waals surface area (Å²) in [5.74, 6) is -0.225. The molecular weight excluding hydrogens is 415 g/mol. The summed E-state index contributed by atoms with van der Waals surface area (Å²) in [6.45, 7) is 4.65. The Labute approximate surface area is 186 Å². The van der Waals surface area contributed by atoms with E-state index in [0.717, 1.165) is 0 Å². The number of hydrogen-bond donors (Lipinski definition) is 4. The number of ether oxygens (including phenoxy) is 1. The Hall–Kier alpha value is -3.17. The lowest BCUT2D eigenvalue weighted by Crippen LogP contribution is -2.49. The van der Waals surface area contributed by atoms with Crippen molar-refractivity contribution in [3.8, 4) is 5.75 Å². The zero-order chi connectivity index (χ0) is 23.3. The molecule has 8 nitrogen and oxygen atoms in total. The van der Waals surface area contributed by atoms with Gasteiger partial charge in [0.05, 0.1) is 18.2 Å². The maximum absolute atomic E-state index is 13.3. The van der Waals surface area contributed by atoms with Crippen LogP contribution in [0.5, 0.6) is 5.75 Å². The van der Waals surface area contributed by atoms with Gasteiger partial charge < -0.3 is 30.7 Å². The molecule has 0 saturated carbocycles. The lowest BCUT2D eigenvalue weighted by Gasteiger charge is -2.37. The molecule has 0 spiro atoms. The van der Waals surface area contributed by atoms with E-state index in [2.05, 4.69) is 16.0 Å². The summed E-state index contributed by atoms with van der Waals surface area (Å²) in [5.41, 5.74) is 1.13. The van der Waals surface area contributed by atoms with Crippen molar-refractivity contribution in [3.63, 3.8) is 0 Å². The molecule has 1 heterocycles. The van der Waals surface area contributed by atoms with Crippen molar-refractivity contribution in [3.05, 3.63) is 53.8 Å². The zero-order valence-corrected chi connectivity index (χ0v) is 18.4. The van der Waals surface area contributed by atoms with Crippen molar-refractivity contribution in [2.45, 2.75) is 26.0 Å². The summed E-state index contributed by atoms with van der Waals surface area (Å²) in [7, 11) is 1.84. The zero-order valence-electron chi connectivity index (χ0n) is 18.4. The van der Waals surface area contributed by atoms with Gasteiger partial charge in [-0.15, -0.1) is 0 Å². The molecule has 1 aliphatic heterocycles. The maximum atomic E-state index is 13.3. The third kappa shape index (κ3) is 5.54. The summed E-state index contributed by atoms with van der Waals surface area (Å²) < 4.78 is 19.2. The molecule has 0 saturated heterocycles. The molecule has 3 atom stereocenters. The molecule has 2 aromatic carbocycles. The minimum atomic E-state index is -0.530. The van der Waals surface area contributed by atoms with Gasteiger partial charge in [-0.1, -0.05) is 6.92 Å². The molecular formula is C23H29FN4O4. The van der Waals surface area contributed by atoms with E-state index in [1.54, 1.807) is 30.0 Å². The van der Waals surface area contributed by atoms with Gasteiger partial charge in [0.25, 0.3) is 5.91 Å². The molecule has 2 aromatic rings. The molecule has 0 aromatic heterocycles. The highest BCUT2D eigenvalue weighted by Crippen LogP contribution is 2.30. The number of carbonyl (C=O) groups excluding carboxylic acids is 2. The van der Waals surface area contributed by atoms with Gasteiger partial charge in [0.2, 0.25) is 0 Å². The Balaban J connectivity index is 1.86. The monoisotopic (exact) mass is 444 g/mol. The Bertz CT molecular complexity index is 954. The Morgan fingerprint density at radius 3 is 2.53 bits per heavy atom. The number of aliphatic hydroxyl groups is 1. The lowest BCUT2D eigenvalue weighted by atomic mass is 9.99. The standard InChI is InChI=1S/C23H29FN4O4/c1-14-12-28(15(2)13-29)22(30)19-10-18(8-9-20(19)32-21(14)11-25-3)27-23(31)26-17-6-4-16(24)5-7-17/h4-10,14-15,21,25,29H,11-13H2,1-3H3,(H2,26,27,31)/t14-,15+,21-/m0/s1. The number of nitrogens with zero attached hydrogens (tertiary/aromatic N) is 1. The molecule has 0 bridgehead atoms. The average molecular weight is 445 g/mol. The molecule has 0 fully saturated rings. The van der Waals surface area contributed by atoms with Crippen LogP contribution in [0.3, 0.4) is 0 Å². The molecule has 0 unspecified atom stereocenters. The van der Waals surface area contributed by atoms with Crippen LogP contribution in [0.2, 0.25) is 0 Å². The second-order valence-corrected chi connectivity index (χ2v) is 7.98. The minimum absolute atomic E-state index is 0.0350. The van der Waals surface area contributed by atoms with E-state index < -0.39 is 11.8 Å². The number of anilines is 2. The number of nitrogens with one attached hydrogen (secondary N) is 3. The van der Waals surface area contributed by atoms with E-state index in [1.807, 2.05) is 14.0 Å². The molecule has 4 N–H and O–H groups in total. The number of carbonyl (C=O) groups is 2. The van der Waals surface area contributed by atoms with Gasteiger partial charge in [0.15, 0.2) is 0 Å². The smallest absolute Gasteiger partial charge is 0.323 e. The van der Waals surface area contributed by atoms with Crippen LogP contribution in [0.4, 0.5) is 20.6 Å². The van der Waals surface area contributed by atoms with Crippen molar-refractivity contribution < 1.29 is 23.8 Å². The summed E-state index contributed by atoms with van der Waals surface area (Å²) in [6, 6.07) is 9.36.